The Morgan fingerprint density at radius 2 is 2.10 bits per heavy atom. The highest BCUT2D eigenvalue weighted by Crippen LogP contribution is 1.96. The number of hydrogen-bond acceptors (Lipinski definition) is 5. The fourth-order valence-electron chi connectivity index (χ4n) is 1.52. The minimum Gasteiger partial charge on any atom is -0.476 e. The summed E-state index contributed by atoms with van der Waals surface area (Å²) in [5.41, 5.74) is -0.232. The summed E-state index contributed by atoms with van der Waals surface area (Å²) < 4.78 is 1.13. The second kappa shape index (κ2) is 7.22. The molecule has 0 aliphatic carbocycles. The van der Waals surface area contributed by atoms with Crippen molar-refractivity contribution in [3.63, 3.8) is 0 Å². The van der Waals surface area contributed by atoms with Crippen molar-refractivity contribution in [1.82, 2.24) is 25.2 Å². The third-order valence-electron chi connectivity index (χ3n) is 2.50. The van der Waals surface area contributed by atoms with Crippen LogP contribution in [0.5, 0.6) is 0 Å². The molecule has 2 N–H and O–H groups in total. The van der Waals surface area contributed by atoms with Crippen LogP contribution in [-0.2, 0) is 16.1 Å². The number of nitrogens with zero attached hydrogens (tertiary/aromatic N) is 4. The van der Waals surface area contributed by atoms with Gasteiger partial charge in [0.15, 0.2) is 5.69 Å². The predicted molar refractivity (Wildman–Crippen MR) is 67.9 cm³/mol. The summed E-state index contributed by atoms with van der Waals surface area (Å²) in [6.07, 6.45) is 1.17. The molecule has 0 fully saturated rings. The van der Waals surface area contributed by atoms with Crippen LogP contribution in [0.3, 0.4) is 0 Å². The predicted octanol–water partition coefficient (Wildman–Crippen LogP) is -1.04. The molecule has 0 unspecified atom stereocenters. The van der Waals surface area contributed by atoms with Gasteiger partial charge in [-0.3, -0.25) is 9.59 Å². The Labute approximate surface area is 115 Å². The topological polar surface area (TPSA) is 117 Å². The molecule has 0 atom stereocenters. The Kier molecular flexibility index (Phi) is 5.63. The molecule has 0 saturated carbocycles. The molecule has 0 spiro atoms. The lowest BCUT2D eigenvalue weighted by Crippen LogP contribution is -2.42. The van der Waals surface area contributed by atoms with E-state index in [0.29, 0.717) is 13.1 Å². The van der Waals surface area contributed by atoms with Gasteiger partial charge in [0.25, 0.3) is 0 Å². The second-order valence-corrected chi connectivity index (χ2v) is 3.97. The molecular weight excluding hydrogens is 266 g/mol. The second-order valence-electron chi connectivity index (χ2n) is 3.97. The third kappa shape index (κ3) is 4.34. The summed E-state index contributed by atoms with van der Waals surface area (Å²) in [6.45, 7) is 4.21. The molecule has 0 aliphatic heterocycles. The number of likely N-dealkylation sites (N-methyl/N-ethyl adjacent to an activating group) is 2. The molecule has 1 heterocycles. The minimum absolute atomic E-state index is 0.0380. The molecule has 0 radical (unpaired) electrons. The Hall–Kier alpha value is -2.45. The first-order valence-electron chi connectivity index (χ1n) is 6.15. The average Bonchev–Trinajstić information content (AvgIpc) is 2.84. The van der Waals surface area contributed by atoms with Crippen LogP contribution in [0, 0.1) is 0 Å². The summed E-state index contributed by atoms with van der Waals surface area (Å²) in [4.78, 5) is 35.4. The molecule has 0 saturated heterocycles. The van der Waals surface area contributed by atoms with Crippen molar-refractivity contribution >= 4 is 17.8 Å². The molecule has 1 aromatic rings. The van der Waals surface area contributed by atoms with E-state index >= 15 is 0 Å². The number of hydrogen-bond donors (Lipinski definition) is 2. The van der Waals surface area contributed by atoms with Gasteiger partial charge in [-0.1, -0.05) is 5.21 Å². The molecule has 1 rings (SSSR count). The van der Waals surface area contributed by atoms with Gasteiger partial charge in [-0.05, 0) is 13.8 Å². The number of aromatic nitrogens is 3. The summed E-state index contributed by atoms with van der Waals surface area (Å²) in [7, 11) is 0. The molecule has 110 valence electrons. The molecule has 0 bridgehead atoms. The number of carbonyl (C=O) groups excluding carboxylic acids is 2. The van der Waals surface area contributed by atoms with Crippen LogP contribution in [0.1, 0.15) is 24.3 Å². The van der Waals surface area contributed by atoms with E-state index in [1.807, 2.05) is 0 Å². The Bertz CT molecular complexity index is 499. The Balaban J connectivity index is 2.62. The Morgan fingerprint density at radius 3 is 2.60 bits per heavy atom. The standard InChI is InChI=1S/C11H17N5O4/c1-3-12-9(17)6-15(4-2)10(18)7-16-5-8(11(19)20)13-14-16/h5H,3-4,6-7H2,1-2H3,(H,12,17)(H,19,20). The highest BCUT2D eigenvalue weighted by molar-refractivity contribution is 5.85. The number of rotatable bonds is 7. The largest absolute Gasteiger partial charge is 0.476 e. The number of amides is 2. The van der Waals surface area contributed by atoms with Gasteiger partial charge < -0.3 is 15.3 Å². The first-order valence-corrected chi connectivity index (χ1v) is 6.15. The monoisotopic (exact) mass is 283 g/mol. The van der Waals surface area contributed by atoms with E-state index in [2.05, 4.69) is 15.6 Å². The van der Waals surface area contributed by atoms with Crippen molar-refractivity contribution in [2.75, 3.05) is 19.6 Å². The maximum atomic E-state index is 12.0. The van der Waals surface area contributed by atoms with Crippen LogP contribution in [0.4, 0.5) is 0 Å². The van der Waals surface area contributed by atoms with E-state index in [9.17, 15) is 14.4 Å². The molecular formula is C11H17N5O4. The smallest absolute Gasteiger partial charge is 0.358 e. The molecule has 0 aliphatic rings. The molecule has 9 heteroatoms. The van der Waals surface area contributed by atoms with Crippen LogP contribution < -0.4 is 5.32 Å². The quantitative estimate of drug-likeness (QED) is 0.660. The zero-order chi connectivity index (χ0) is 15.1. The molecule has 20 heavy (non-hydrogen) atoms. The molecule has 1 aromatic heterocycles. The maximum Gasteiger partial charge on any atom is 0.358 e. The van der Waals surface area contributed by atoms with Gasteiger partial charge in [-0.2, -0.15) is 0 Å². The third-order valence-corrected chi connectivity index (χ3v) is 2.50. The number of carbonyl (C=O) groups is 3. The van der Waals surface area contributed by atoms with Gasteiger partial charge in [0.1, 0.15) is 6.54 Å². The van der Waals surface area contributed by atoms with Crippen molar-refractivity contribution in [2.24, 2.45) is 0 Å². The molecule has 2 amide bonds. The fraction of sp³-hybridized carbons (Fsp3) is 0.545. The van der Waals surface area contributed by atoms with Crippen molar-refractivity contribution in [3.8, 4) is 0 Å². The number of nitrogens with one attached hydrogen (secondary N) is 1. The average molecular weight is 283 g/mol. The van der Waals surface area contributed by atoms with Crippen molar-refractivity contribution in [2.45, 2.75) is 20.4 Å². The molecule has 0 aromatic carbocycles. The highest BCUT2D eigenvalue weighted by atomic mass is 16.4. The van der Waals surface area contributed by atoms with E-state index in [1.165, 1.54) is 11.1 Å². The maximum absolute atomic E-state index is 12.0. The number of carboxylic acids is 1. The van der Waals surface area contributed by atoms with E-state index < -0.39 is 5.97 Å². The first-order chi connectivity index (χ1) is 9.47. The zero-order valence-corrected chi connectivity index (χ0v) is 11.4. The summed E-state index contributed by atoms with van der Waals surface area (Å²) >= 11 is 0. The van der Waals surface area contributed by atoms with E-state index in [0.717, 1.165) is 4.68 Å². The fourth-order valence-corrected chi connectivity index (χ4v) is 1.52. The van der Waals surface area contributed by atoms with Crippen LogP contribution in [-0.4, -0.2) is 62.4 Å². The van der Waals surface area contributed by atoms with E-state index in [1.54, 1.807) is 13.8 Å². The van der Waals surface area contributed by atoms with Crippen LogP contribution in [0.15, 0.2) is 6.20 Å². The minimum atomic E-state index is -1.21. The van der Waals surface area contributed by atoms with E-state index in [-0.39, 0.29) is 30.6 Å². The van der Waals surface area contributed by atoms with Crippen molar-refractivity contribution in [1.29, 1.82) is 0 Å². The van der Waals surface area contributed by atoms with Gasteiger partial charge in [0, 0.05) is 13.1 Å². The van der Waals surface area contributed by atoms with Gasteiger partial charge in [-0.25, -0.2) is 9.48 Å². The Morgan fingerprint density at radius 1 is 1.40 bits per heavy atom. The highest BCUT2D eigenvalue weighted by Gasteiger charge is 2.17. The molecule has 9 nitrogen and oxygen atoms in total. The lowest BCUT2D eigenvalue weighted by molar-refractivity contribution is -0.136. The van der Waals surface area contributed by atoms with Gasteiger partial charge in [0.2, 0.25) is 11.8 Å². The zero-order valence-electron chi connectivity index (χ0n) is 11.4. The SMILES string of the molecule is CCNC(=O)CN(CC)C(=O)Cn1cc(C(=O)O)nn1. The van der Waals surface area contributed by atoms with Crippen LogP contribution in [0.2, 0.25) is 0 Å². The van der Waals surface area contributed by atoms with Crippen molar-refractivity contribution in [3.05, 3.63) is 11.9 Å². The lowest BCUT2D eigenvalue weighted by Gasteiger charge is -2.19. The summed E-state index contributed by atoms with van der Waals surface area (Å²) in [5, 5.41) is 18.3. The summed E-state index contributed by atoms with van der Waals surface area (Å²) in [6, 6.07) is 0. The number of aromatic carboxylic acids is 1. The van der Waals surface area contributed by atoms with Gasteiger partial charge in [0.05, 0.1) is 12.7 Å². The van der Waals surface area contributed by atoms with Crippen molar-refractivity contribution < 1.29 is 19.5 Å². The number of carboxylic acid groups (broad SMARTS) is 1. The van der Waals surface area contributed by atoms with Crippen LogP contribution in [0.25, 0.3) is 0 Å². The first kappa shape index (κ1) is 15.6. The van der Waals surface area contributed by atoms with Gasteiger partial charge in [-0.15, -0.1) is 5.10 Å². The lowest BCUT2D eigenvalue weighted by atomic mass is 10.4. The van der Waals surface area contributed by atoms with Crippen LogP contribution >= 0.6 is 0 Å². The normalized spacial score (nSPS) is 10.1. The summed E-state index contributed by atoms with van der Waals surface area (Å²) in [5.74, 6) is -1.79. The van der Waals surface area contributed by atoms with Gasteiger partial charge >= 0.3 is 5.97 Å². The van der Waals surface area contributed by atoms with E-state index in [4.69, 9.17) is 5.11 Å².